The summed E-state index contributed by atoms with van der Waals surface area (Å²) in [6, 6.07) is 0.974. The normalized spacial score (nSPS) is 11.5. The molecule has 9 heteroatoms. The molecule has 1 N–H and O–H groups in total. The van der Waals surface area contributed by atoms with Crippen molar-refractivity contribution in [3.8, 4) is 0 Å². The zero-order valence-corrected chi connectivity index (χ0v) is 10.9. The first-order valence-electron chi connectivity index (χ1n) is 5.55. The van der Waals surface area contributed by atoms with Crippen molar-refractivity contribution >= 4 is 17.6 Å². The van der Waals surface area contributed by atoms with Gasteiger partial charge in [0.2, 0.25) is 5.91 Å². The van der Waals surface area contributed by atoms with Gasteiger partial charge in [0.15, 0.2) is 0 Å². The van der Waals surface area contributed by atoms with Gasteiger partial charge in [-0.15, -0.1) is 0 Å². The molecular formula is C11H13N3O6. The van der Waals surface area contributed by atoms with Gasteiger partial charge in [0.05, 0.1) is 24.8 Å². The number of carbonyl (C=O) groups excluding carboxylic acids is 2. The minimum absolute atomic E-state index is 0.257. The van der Waals surface area contributed by atoms with Crippen LogP contribution in [0.4, 0.5) is 5.69 Å². The molecule has 1 unspecified atom stereocenters. The molecule has 20 heavy (non-hydrogen) atoms. The van der Waals surface area contributed by atoms with E-state index in [2.05, 4.69) is 10.1 Å². The lowest BCUT2D eigenvalue weighted by Crippen LogP contribution is -2.45. The average molecular weight is 283 g/mol. The number of nitro groups is 1. The largest absolute Gasteiger partial charge is 0.467 e. The number of nitrogens with zero attached hydrogens (tertiary/aromatic N) is 2. The van der Waals surface area contributed by atoms with Crippen LogP contribution in [-0.2, 0) is 20.9 Å². The van der Waals surface area contributed by atoms with Gasteiger partial charge in [-0.3, -0.25) is 19.7 Å². The molecule has 0 fully saturated rings. The number of hydrogen-bond donors (Lipinski definition) is 1. The second-order valence-electron chi connectivity index (χ2n) is 3.91. The molecule has 0 bridgehead atoms. The number of ether oxygens (including phenoxy) is 1. The second-order valence-corrected chi connectivity index (χ2v) is 3.91. The van der Waals surface area contributed by atoms with E-state index in [0.717, 1.165) is 30.0 Å². The molecule has 1 aromatic heterocycles. The van der Waals surface area contributed by atoms with Crippen LogP contribution in [0, 0.1) is 10.1 Å². The molecule has 1 heterocycles. The van der Waals surface area contributed by atoms with Crippen LogP contribution in [0.2, 0.25) is 0 Å². The Hall–Kier alpha value is -2.71. The summed E-state index contributed by atoms with van der Waals surface area (Å²) in [6.07, 6.45) is 1.00. The number of methoxy groups -OCH3 is 1. The number of nitrogens with one attached hydrogen (secondary N) is 1. The van der Waals surface area contributed by atoms with Gasteiger partial charge in [-0.2, -0.15) is 0 Å². The Bertz CT molecular complexity index is 594. The standard InChI is InChI=1S/C11H13N3O6/c1-7(15)12-9(11(17)20-2)6-13-5-8(14(18)19)3-4-10(13)16/h3-5,9H,6H2,1-2H3,(H,12,15). The lowest BCUT2D eigenvalue weighted by atomic mass is 10.2. The van der Waals surface area contributed by atoms with Crippen LogP contribution < -0.4 is 10.9 Å². The van der Waals surface area contributed by atoms with Crippen molar-refractivity contribution in [3.05, 3.63) is 38.8 Å². The molecule has 1 rings (SSSR count). The van der Waals surface area contributed by atoms with Gasteiger partial charge < -0.3 is 14.6 Å². The predicted molar refractivity (Wildman–Crippen MR) is 67.0 cm³/mol. The third kappa shape index (κ3) is 3.90. The third-order valence-corrected chi connectivity index (χ3v) is 2.42. The zero-order valence-electron chi connectivity index (χ0n) is 10.9. The van der Waals surface area contributed by atoms with Crippen LogP contribution in [0.1, 0.15) is 6.92 Å². The Morgan fingerprint density at radius 2 is 2.15 bits per heavy atom. The molecule has 0 aliphatic heterocycles. The summed E-state index contributed by atoms with van der Waals surface area (Å²) >= 11 is 0. The third-order valence-electron chi connectivity index (χ3n) is 2.42. The molecule has 1 atom stereocenters. The Morgan fingerprint density at radius 3 is 2.65 bits per heavy atom. The van der Waals surface area contributed by atoms with E-state index in [1.807, 2.05) is 0 Å². The van der Waals surface area contributed by atoms with Crippen LogP contribution in [0.3, 0.4) is 0 Å². The summed E-state index contributed by atoms with van der Waals surface area (Å²) in [4.78, 5) is 44.1. The summed E-state index contributed by atoms with van der Waals surface area (Å²) in [5, 5.41) is 13.0. The van der Waals surface area contributed by atoms with Crippen LogP contribution in [0.5, 0.6) is 0 Å². The number of carbonyl (C=O) groups is 2. The van der Waals surface area contributed by atoms with E-state index in [9.17, 15) is 24.5 Å². The van der Waals surface area contributed by atoms with E-state index in [1.54, 1.807) is 0 Å². The van der Waals surface area contributed by atoms with Gasteiger partial charge in [0.25, 0.3) is 11.2 Å². The van der Waals surface area contributed by atoms with E-state index in [0.29, 0.717) is 0 Å². The molecule has 1 aromatic rings. The first-order chi connectivity index (χ1) is 9.35. The minimum Gasteiger partial charge on any atom is -0.467 e. The van der Waals surface area contributed by atoms with E-state index in [4.69, 9.17) is 0 Å². The first kappa shape index (κ1) is 15.3. The van der Waals surface area contributed by atoms with Gasteiger partial charge in [-0.1, -0.05) is 0 Å². The molecule has 0 aromatic carbocycles. The van der Waals surface area contributed by atoms with E-state index in [-0.39, 0.29) is 12.2 Å². The fourth-order valence-corrected chi connectivity index (χ4v) is 1.53. The highest BCUT2D eigenvalue weighted by atomic mass is 16.6. The van der Waals surface area contributed by atoms with Gasteiger partial charge in [-0.25, -0.2) is 4.79 Å². The smallest absolute Gasteiger partial charge is 0.330 e. The Labute approximate surface area is 113 Å². The molecule has 9 nitrogen and oxygen atoms in total. The molecule has 0 aliphatic carbocycles. The summed E-state index contributed by atoms with van der Waals surface area (Å²) in [5.41, 5.74) is -0.828. The van der Waals surface area contributed by atoms with E-state index in [1.165, 1.54) is 6.92 Å². The molecule has 0 spiro atoms. The maximum atomic E-state index is 11.6. The van der Waals surface area contributed by atoms with Gasteiger partial charge in [-0.05, 0) is 0 Å². The molecule has 0 aliphatic rings. The number of aromatic nitrogens is 1. The van der Waals surface area contributed by atoms with Crippen LogP contribution in [0.15, 0.2) is 23.1 Å². The van der Waals surface area contributed by atoms with Crippen LogP contribution in [0.25, 0.3) is 0 Å². The summed E-state index contributed by atoms with van der Waals surface area (Å²) in [5.74, 6) is -1.24. The van der Waals surface area contributed by atoms with Crippen molar-refractivity contribution in [2.24, 2.45) is 0 Å². The Kier molecular flexibility index (Phi) is 4.95. The van der Waals surface area contributed by atoms with Gasteiger partial charge in [0, 0.05) is 19.1 Å². The lowest BCUT2D eigenvalue weighted by Gasteiger charge is -2.16. The first-order valence-corrected chi connectivity index (χ1v) is 5.55. The number of amides is 1. The topological polar surface area (TPSA) is 121 Å². The summed E-state index contributed by atoms with van der Waals surface area (Å²) < 4.78 is 5.47. The fourth-order valence-electron chi connectivity index (χ4n) is 1.53. The van der Waals surface area contributed by atoms with Crippen molar-refractivity contribution in [2.75, 3.05) is 7.11 Å². The van der Waals surface area contributed by atoms with Crippen molar-refractivity contribution in [3.63, 3.8) is 0 Å². The van der Waals surface area contributed by atoms with Crippen molar-refractivity contribution in [2.45, 2.75) is 19.5 Å². The quantitative estimate of drug-likeness (QED) is 0.439. The molecule has 0 saturated heterocycles. The maximum Gasteiger partial charge on any atom is 0.330 e. The van der Waals surface area contributed by atoms with Gasteiger partial charge in [0.1, 0.15) is 6.04 Å². The van der Waals surface area contributed by atoms with Crippen LogP contribution in [-0.4, -0.2) is 34.5 Å². The second kappa shape index (κ2) is 6.45. The number of esters is 1. The number of rotatable bonds is 5. The van der Waals surface area contributed by atoms with Crippen LogP contribution >= 0.6 is 0 Å². The molecule has 0 saturated carbocycles. The molecular weight excluding hydrogens is 270 g/mol. The summed E-state index contributed by atoms with van der Waals surface area (Å²) in [6.45, 7) is 0.943. The number of pyridine rings is 1. The lowest BCUT2D eigenvalue weighted by molar-refractivity contribution is -0.385. The Balaban J connectivity index is 3.06. The van der Waals surface area contributed by atoms with E-state index >= 15 is 0 Å². The summed E-state index contributed by atoms with van der Waals surface area (Å²) in [7, 11) is 1.13. The minimum atomic E-state index is -1.10. The van der Waals surface area contributed by atoms with Gasteiger partial charge >= 0.3 is 5.97 Å². The molecule has 108 valence electrons. The highest BCUT2D eigenvalue weighted by Gasteiger charge is 2.22. The Morgan fingerprint density at radius 1 is 1.50 bits per heavy atom. The highest BCUT2D eigenvalue weighted by molar-refractivity contribution is 5.83. The molecule has 1 amide bonds. The maximum absolute atomic E-state index is 11.6. The monoisotopic (exact) mass is 283 g/mol. The fraction of sp³-hybridized carbons (Fsp3) is 0.364. The van der Waals surface area contributed by atoms with Crippen molar-refractivity contribution in [1.82, 2.24) is 9.88 Å². The van der Waals surface area contributed by atoms with E-state index < -0.39 is 28.4 Å². The molecule has 0 radical (unpaired) electrons. The average Bonchev–Trinajstić information content (AvgIpc) is 2.38. The number of hydrogen-bond acceptors (Lipinski definition) is 6. The predicted octanol–water partition coefficient (Wildman–Crippen LogP) is -0.566. The SMILES string of the molecule is COC(=O)C(Cn1cc([N+](=O)[O-])ccc1=O)NC(C)=O. The van der Waals surface area contributed by atoms with Crippen molar-refractivity contribution < 1.29 is 19.2 Å². The van der Waals surface area contributed by atoms with Crippen molar-refractivity contribution in [1.29, 1.82) is 0 Å². The zero-order chi connectivity index (χ0) is 15.3. The highest BCUT2D eigenvalue weighted by Crippen LogP contribution is 2.07.